The van der Waals surface area contributed by atoms with Gasteiger partial charge in [0.15, 0.2) is 11.6 Å². The molecule has 0 radical (unpaired) electrons. The van der Waals surface area contributed by atoms with Crippen molar-refractivity contribution in [1.29, 1.82) is 0 Å². The summed E-state index contributed by atoms with van der Waals surface area (Å²) in [6.45, 7) is 2.78. The highest BCUT2D eigenvalue weighted by Crippen LogP contribution is 2.26. The number of hydrogen-bond acceptors (Lipinski definition) is 5. The van der Waals surface area contributed by atoms with Crippen LogP contribution < -0.4 is 10.5 Å². The Morgan fingerprint density at radius 3 is 2.72 bits per heavy atom. The minimum atomic E-state index is -0.758. The molecular formula is C11H15FN2O4. The Kier molecular flexibility index (Phi) is 5.47. The first kappa shape index (κ1) is 14.3. The SMILES string of the molecule is Cc1cc(OCCOCCN)c(F)cc1[N+](=O)[O-]. The van der Waals surface area contributed by atoms with Crippen LogP contribution in [-0.2, 0) is 4.74 Å². The summed E-state index contributed by atoms with van der Waals surface area (Å²) >= 11 is 0. The second-order valence-electron chi connectivity index (χ2n) is 3.58. The van der Waals surface area contributed by atoms with Gasteiger partial charge in [0.1, 0.15) is 6.61 Å². The molecular weight excluding hydrogens is 243 g/mol. The predicted octanol–water partition coefficient (Wildman–Crippen LogP) is 1.40. The first-order valence-electron chi connectivity index (χ1n) is 5.41. The molecule has 18 heavy (non-hydrogen) atoms. The molecule has 0 saturated heterocycles. The van der Waals surface area contributed by atoms with Gasteiger partial charge in [0, 0.05) is 12.1 Å². The Morgan fingerprint density at radius 1 is 1.39 bits per heavy atom. The molecule has 0 unspecified atom stereocenters. The summed E-state index contributed by atoms with van der Waals surface area (Å²) in [5, 5.41) is 10.6. The van der Waals surface area contributed by atoms with E-state index in [1.54, 1.807) is 0 Å². The van der Waals surface area contributed by atoms with Crippen molar-refractivity contribution in [1.82, 2.24) is 0 Å². The van der Waals surface area contributed by atoms with Gasteiger partial charge in [-0.05, 0) is 13.0 Å². The largest absolute Gasteiger partial charge is 0.488 e. The van der Waals surface area contributed by atoms with Gasteiger partial charge in [0.25, 0.3) is 5.69 Å². The van der Waals surface area contributed by atoms with Crippen LogP contribution in [0.5, 0.6) is 5.75 Å². The molecule has 6 nitrogen and oxygen atoms in total. The van der Waals surface area contributed by atoms with Crippen molar-refractivity contribution in [3.8, 4) is 5.75 Å². The Labute approximate surface area is 104 Å². The van der Waals surface area contributed by atoms with Crippen LogP contribution in [0.2, 0.25) is 0 Å². The Hall–Kier alpha value is -1.73. The van der Waals surface area contributed by atoms with Crippen LogP contribution >= 0.6 is 0 Å². The molecule has 0 fully saturated rings. The van der Waals surface area contributed by atoms with E-state index in [4.69, 9.17) is 15.2 Å². The van der Waals surface area contributed by atoms with Crippen molar-refractivity contribution < 1.29 is 18.8 Å². The quantitative estimate of drug-likeness (QED) is 0.453. The van der Waals surface area contributed by atoms with Crippen LogP contribution in [0.4, 0.5) is 10.1 Å². The predicted molar refractivity (Wildman–Crippen MR) is 63.2 cm³/mol. The maximum absolute atomic E-state index is 13.5. The van der Waals surface area contributed by atoms with E-state index in [0.29, 0.717) is 18.7 Å². The maximum atomic E-state index is 13.5. The molecule has 0 aliphatic carbocycles. The number of aryl methyl sites for hydroxylation is 1. The number of rotatable bonds is 7. The normalized spacial score (nSPS) is 10.4. The van der Waals surface area contributed by atoms with Crippen LogP contribution in [0.3, 0.4) is 0 Å². The second kappa shape index (κ2) is 6.87. The van der Waals surface area contributed by atoms with Crippen molar-refractivity contribution in [2.75, 3.05) is 26.4 Å². The zero-order chi connectivity index (χ0) is 13.5. The second-order valence-corrected chi connectivity index (χ2v) is 3.58. The molecule has 0 saturated carbocycles. The van der Waals surface area contributed by atoms with Crippen LogP contribution in [-0.4, -0.2) is 31.3 Å². The summed E-state index contributed by atoms with van der Waals surface area (Å²) in [5.41, 5.74) is 5.30. The van der Waals surface area contributed by atoms with E-state index in [0.717, 1.165) is 6.07 Å². The number of nitrogens with two attached hydrogens (primary N) is 1. The molecule has 0 atom stereocenters. The summed E-state index contributed by atoms with van der Waals surface area (Å²) in [5.74, 6) is -0.777. The van der Waals surface area contributed by atoms with Crippen LogP contribution in [0.25, 0.3) is 0 Å². The van der Waals surface area contributed by atoms with Gasteiger partial charge in [0.2, 0.25) is 0 Å². The van der Waals surface area contributed by atoms with E-state index in [1.165, 1.54) is 13.0 Å². The number of nitro benzene ring substituents is 1. The topological polar surface area (TPSA) is 87.6 Å². The molecule has 0 amide bonds. The highest BCUT2D eigenvalue weighted by molar-refractivity contribution is 5.45. The van der Waals surface area contributed by atoms with Gasteiger partial charge in [0.05, 0.1) is 24.2 Å². The fraction of sp³-hybridized carbons (Fsp3) is 0.455. The number of hydrogen-bond donors (Lipinski definition) is 1. The minimum absolute atomic E-state index is 0.0190. The fourth-order valence-corrected chi connectivity index (χ4v) is 1.35. The first-order chi connectivity index (χ1) is 8.56. The van der Waals surface area contributed by atoms with Gasteiger partial charge in [-0.1, -0.05) is 0 Å². The lowest BCUT2D eigenvalue weighted by Crippen LogP contribution is -2.13. The highest BCUT2D eigenvalue weighted by atomic mass is 19.1. The van der Waals surface area contributed by atoms with E-state index >= 15 is 0 Å². The summed E-state index contributed by atoms with van der Waals surface area (Å²) in [7, 11) is 0. The van der Waals surface area contributed by atoms with E-state index in [9.17, 15) is 14.5 Å². The molecule has 1 aromatic carbocycles. The molecule has 0 heterocycles. The lowest BCUT2D eigenvalue weighted by molar-refractivity contribution is -0.385. The van der Waals surface area contributed by atoms with Crippen LogP contribution in [0.15, 0.2) is 12.1 Å². The molecule has 1 rings (SSSR count). The van der Waals surface area contributed by atoms with Crippen molar-refractivity contribution in [3.05, 3.63) is 33.6 Å². The fourth-order valence-electron chi connectivity index (χ4n) is 1.35. The monoisotopic (exact) mass is 258 g/mol. The number of ether oxygens (including phenoxy) is 2. The van der Waals surface area contributed by atoms with Crippen molar-refractivity contribution in [3.63, 3.8) is 0 Å². The lowest BCUT2D eigenvalue weighted by Gasteiger charge is -2.08. The van der Waals surface area contributed by atoms with Crippen molar-refractivity contribution in [2.24, 2.45) is 5.73 Å². The summed E-state index contributed by atoms with van der Waals surface area (Å²) < 4.78 is 23.7. The molecule has 2 N–H and O–H groups in total. The van der Waals surface area contributed by atoms with E-state index in [-0.39, 0.29) is 24.7 Å². The molecule has 7 heteroatoms. The Bertz CT molecular complexity index is 426. The average Bonchev–Trinajstić information content (AvgIpc) is 2.32. The number of nitrogens with zero attached hydrogens (tertiary/aromatic N) is 1. The van der Waals surface area contributed by atoms with Gasteiger partial charge in [-0.2, -0.15) is 0 Å². The van der Waals surface area contributed by atoms with Crippen molar-refractivity contribution >= 4 is 5.69 Å². The number of benzene rings is 1. The van der Waals surface area contributed by atoms with Crippen LogP contribution in [0.1, 0.15) is 5.56 Å². The zero-order valence-corrected chi connectivity index (χ0v) is 10.0. The molecule has 100 valence electrons. The smallest absolute Gasteiger partial charge is 0.275 e. The standard InChI is InChI=1S/C11H15FN2O4/c1-8-6-11(18-5-4-17-3-2-13)9(12)7-10(8)14(15)16/h6-7H,2-5,13H2,1H3. The van der Waals surface area contributed by atoms with Gasteiger partial charge in [-0.25, -0.2) is 4.39 Å². The zero-order valence-electron chi connectivity index (χ0n) is 10.0. The van der Waals surface area contributed by atoms with Crippen molar-refractivity contribution in [2.45, 2.75) is 6.92 Å². The molecule has 0 bridgehead atoms. The molecule has 1 aromatic rings. The van der Waals surface area contributed by atoms with Gasteiger partial charge >= 0.3 is 0 Å². The first-order valence-corrected chi connectivity index (χ1v) is 5.41. The third-order valence-corrected chi connectivity index (χ3v) is 2.19. The highest BCUT2D eigenvalue weighted by Gasteiger charge is 2.16. The summed E-state index contributed by atoms with van der Waals surface area (Å²) in [6.07, 6.45) is 0. The Balaban J connectivity index is 2.62. The third-order valence-electron chi connectivity index (χ3n) is 2.19. The van der Waals surface area contributed by atoms with E-state index in [1.807, 2.05) is 0 Å². The average molecular weight is 258 g/mol. The van der Waals surface area contributed by atoms with E-state index in [2.05, 4.69) is 0 Å². The molecule has 0 aromatic heterocycles. The van der Waals surface area contributed by atoms with Crippen LogP contribution in [0, 0.1) is 22.9 Å². The van der Waals surface area contributed by atoms with Gasteiger partial charge in [-0.15, -0.1) is 0 Å². The molecule has 0 aliphatic rings. The summed E-state index contributed by atoms with van der Waals surface area (Å²) in [4.78, 5) is 9.95. The van der Waals surface area contributed by atoms with E-state index < -0.39 is 10.7 Å². The molecule has 0 aliphatic heterocycles. The minimum Gasteiger partial charge on any atom is -0.488 e. The lowest BCUT2D eigenvalue weighted by atomic mass is 10.2. The Morgan fingerprint density at radius 2 is 2.11 bits per heavy atom. The maximum Gasteiger partial charge on any atom is 0.275 e. The van der Waals surface area contributed by atoms with Gasteiger partial charge in [-0.3, -0.25) is 10.1 Å². The molecule has 0 spiro atoms. The third kappa shape index (κ3) is 3.94. The van der Waals surface area contributed by atoms with Gasteiger partial charge < -0.3 is 15.2 Å². The summed E-state index contributed by atoms with van der Waals surface area (Å²) in [6, 6.07) is 2.15. The number of halogens is 1. The number of nitro groups is 1.